The summed E-state index contributed by atoms with van der Waals surface area (Å²) < 4.78 is 4.64. The highest BCUT2D eigenvalue weighted by molar-refractivity contribution is 6.30. The number of ether oxygens (including phenoxy) is 1. The maximum absolute atomic E-state index is 11.8. The number of nitrogens with one attached hydrogen (secondary N) is 1. The standard InChI is InChI=1S/C15H15ClN2O3/c1-21-15(20)13(17)6-9-2-4-10(5-3-9)12-7-11(16)8-18-14(12)19/h2-5,7-8,13H,6,17H2,1H3,(H,18,19)/p+1. The molecule has 1 atom stereocenters. The molecule has 5 nitrogen and oxygen atoms in total. The van der Waals surface area contributed by atoms with Crippen molar-refractivity contribution in [1.82, 2.24) is 4.98 Å². The van der Waals surface area contributed by atoms with Crippen molar-refractivity contribution in [1.29, 1.82) is 0 Å². The number of esters is 1. The van der Waals surface area contributed by atoms with Crippen LogP contribution in [0, 0.1) is 0 Å². The van der Waals surface area contributed by atoms with Crippen LogP contribution in [0.3, 0.4) is 0 Å². The minimum Gasteiger partial charge on any atom is -0.465 e. The molecule has 21 heavy (non-hydrogen) atoms. The first-order valence-electron chi connectivity index (χ1n) is 6.39. The number of rotatable bonds is 4. The van der Waals surface area contributed by atoms with E-state index >= 15 is 0 Å². The van der Waals surface area contributed by atoms with Gasteiger partial charge in [0.25, 0.3) is 5.56 Å². The topological polar surface area (TPSA) is 86.8 Å². The van der Waals surface area contributed by atoms with Gasteiger partial charge in [0.05, 0.1) is 12.1 Å². The molecule has 2 aromatic rings. The summed E-state index contributed by atoms with van der Waals surface area (Å²) in [6, 6.07) is 8.53. The molecule has 0 amide bonds. The van der Waals surface area contributed by atoms with Crippen LogP contribution in [-0.2, 0) is 16.0 Å². The summed E-state index contributed by atoms with van der Waals surface area (Å²) in [4.78, 5) is 25.7. The van der Waals surface area contributed by atoms with Crippen LogP contribution in [0.1, 0.15) is 5.56 Å². The van der Waals surface area contributed by atoms with E-state index in [0.717, 1.165) is 11.1 Å². The van der Waals surface area contributed by atoms with Crippen LogP contribution >= 0.6 is 11.6 Å². The Morgan fingerprint density at radius 1 is 1.38 bits per heavy atom. The number of halogens is 1. The second-order valence-corrected chi connectivity index (χ2v) is 5.12. The van der Waals surface area contributed by atoms with Crippen molar-refractivity contribution in [3.8, 4) is 11.1 Å². The van der Waals surface area contributed by atoms with Crippen LogP contribution in [0.4, 0.5) is 0 Å². The van der Waals surface area contributed by atoms with Gasteiger partial charge in [-0.2, -0.15) is 0 Å². The number of aromatic nitrogens is 1. The Labute approximate surface area is 126 Å². The fourth-order valence-electron chi connectivity index (χ4n) is 2.03. The van der Waals surface area contributed by atoms with Gasteiger partial charge in [0.15, 0.2) is 6.04 Å². The van der Waals surface area contributed by atoms with Gasteiger partial charge in [0, 0.05) is 18.2 Å². The molecule has 1 aromatic carbocycles. The molecule has 1 unspecified atom stereocenters. The van der Waals surface area contributed by atoms with Gasteiger partial charge in [-0.15, -0.1) is 0 Å². The summed E-state index contributed by atoms with van der Waals surface area (Å²) in [6.07, 6.45) is 1.93. The molecule has 110 valence electrons. The Morgan fingerprint density at radius 2 is 2.05 bits per heavy atom. The lowest BCUT2D eigenvalue weighted by molar-refractivity contribution is -0.407. The van der Waals surface area contributed by atoms with E-state index in [0.29, 0.717) is 17.0 Å². The first-order valence-corrected chi connectivity index (χ1v) is 6.77. The third kappa shape index (κ3) is 3.71. The number of pyridine rings is 1. The first-order chi connectivity index (χ1) is 10.0. The third-order valence-corrected chi connectivity index (χ3v) is 3.37. The fourth-order valence-corrected chi connectivity index (χ4v) is 2.19. The van der Waals surface area contributed by atoms with E-state index in [-0.39, 0.29) is 11.5 Å². The summed E-state index contributed by atoms with van der Waals surface area (Å²) in [5, 5.41) is 0.470. The summed E-state index contributed by atoms with van der Waals surface area (Å²) in [6.45, 7) is 0. The lowest BCUT2D eigenvalue weighted by atomic mass is 10.0. The van der Waals surface area contributed by atoms with Crippen molar-refractivity contribution in [2.24, 2.45) is 0 Å². The van der Waals surface area contributed by atoms with Gasteiger partial charge < -0.3 is 15.5 Å². The second-order valence-electron chi connectivity index (χ2n) is 4.68. The lowest BCUT2D eigenvalue weighted by Crippen LogP contribution is -2.66. The molecule has 0 aliphatic heterocycles. The Bertz CT molecular complexity index is 695. The van der Waals surface area contributed by atoms with E-state index in [4.69, 9.17) is 11.6 Å². The van der Waals surface area contributed by atoms with Crippen molar-refractivity contribution in [3.63, 3.8) is 0 Å². The zero-order valence-electron chi connectivity index (χ0n) is 11.6. The summed E-state index contributed by atoms with van der Waals surface area (Å²) in [7, 11) is 1.34. The number of carbonyl (C=O) groups is 1. The third-order valence-electron chi connectivity index (χ3n) is 3.15. The molecule has 0 saturated heterocycles. The number of hydrogen-bond acceptors (Lipinski definition) is 3. The molecule has 0 aliphatic rings. The van der Waals surface area contributed by atoms with E-state index in [2.05, 4.69) is 15.5 Å². The Hall–Kier alpha value is -2.11. The highest BCUT2D eigenvalue weighted by Gasteiger charge is 2.18. The van der Waals surface area contributed by atoms with Crippen molar-refractivity contribution < 1.29 is 15.3 Å². The summed E-state index contributed by atoms with van der Waals surface area (Å²) in [5.41, 5.74) is 5.79. The normalized spacial score (nSPS) is 12.0. The van der Waals surface area contributed by atoms with Crippen LogP contribution in [0.2, 0.25) is 5.02 Å². The molecule has 0 aliphatic carbocycles. The van der Waals surface area contributed by atoms with Gasteiger partial charge in [-0.3, -0.25) is 4.79 Å². The predicted molar refractivity (Wildman–Crippen MR) is 79.9 cm³/mol. The Morgan fingerprint density at radius 3 is 2.67 bits per heavy atom. The number of hydrogen-bond donors (Lipinski definition) is 2. The predicted octanol–water partition coefficient (Wildman–Crippen LogP) is 1.02. The molecule has 2 rings (SSSR count). The molecular weight excluding hydrogens is 292 g/mol. The van der Waals surface area contributed by atoms with E-state index in [1.54, 1.807) is 6.07 Å². The van der Waals surface area contributed by atoms with E-state index in [1.165, 1.54) is 13.3 Å². The van der Waals surface area contributed by atoms with E-state index < -0.39 is 6.04 Å². The molecule has 1 heterocycles. The lowest BCUT2D eigenvalue weighted by Gasteiger charge is -2.07. The van der Waals surface area contributed by atoms with Gasteiger partial charge in [-0.25, -0.2) is 4.79 Å². The van der Waals surface area contributed by atoms with Gasteiger partial charge >= 0.3 is 5.97 Å². The SMILES string of the molecule is COC(=O)C([NH3+])Cc1ccc(-c2cc(Cl)c[nH]c2=O)cc1. The number of aromatic amines is 1. The molecule has 0 spiro atoms. The second kappa shape index (κ2) is 6.56. The average molecular weight is 308 g/mol. The molecule has 6 heteroatoms. The minimum absolute atomic E-state index is 0.197. The molecule has 0 radical (unpaired) electrons. The molecular formula is C15H16ClN2O3+. The minimum atomic E-state index is -0.449. The summed E-state index contributed by atoms with van der Waals surface area (Å²) in [5.74, 6) is -0.342. The molecule has 1 aromatic heterocycles. The Kier molecular flexibility index (Phi) is 4.77. The number of H-pyrrole nitrogens is 1. The first kappa shape index (κ1) is 15.3. The molecule has 0 bridgehead atoms. The maximum atomic E-state index is 11.8. The monoisotopic (exact) mass is 307 g/mol. The van der Waals surface area contributed by atoms with Crippen molar-refractivity contribution in [2.45, 2.75) is 12.5 Å². The van der Waals surface area contributed by atoms with Crippen LogP contribution in [0.25, 0.3) is 11.1 Å². The Balaban J connectivity index is 2.21. The van der Waals surface area contributed by atoms with E-state index in [9.17, 15) is 9.59 Å². The van der Waals surface area contributed by atoms with Crippen molar-refractivity contribution >= 4 is 17.6 Å². The number of methoxy groups -OCH3 is 1. The van der Waals surface area contributed by atoms with Gasteiger partial charge in [0.2, 0.25) is 0 Å². The molecule has 0 saturated carbocycles. The number of carbonyl (C=O) groups excluding carboxylic acids is 1. The average Bonchev–Trinajstić information content (AvgIpc) is 2.49. The van der Waals surface area contributed by atoms with Gasteiger partial charge in [-0.05, 0) is 17.2 Å². The van der Waals surface area contributed by atoms with E-state index in [1.807, 2.05) is 24.3 Å². The highest BCUT2D eigenvalue weighted by atomic mass is 35.5. The zero-order chi connectivity index (χ0) is 15.4. The highest BCUT2D eigenvalue weighted by Crippen LogP contribution is 2.19. The van der Waals surface area contributed by atoms with Crippen molar-refractivity contribution in [3.05, 3.63) is 57.5 Å². The van der Waals surface area contributed by atoms with Crippen LogP contribution in [0.5, 0.6) is 0 Å². The van der Waals surface area contributed by atoms with Crippen LogP contribution < -0.4 is 11.3 Å². The smallest absolute Gasteiger partial charge is 0.364 e. The largest absolute Gasteiger partial charge is 0.465 e. The fraction of sp³-hybridized carbons (Fsp3) is 0.200. The van der Waals surface area contributed by atoms with Gasteiger partial charge in [-0.1, -0.05) is 35.9 Å². The number of quaternary nitrogens is 1. The maximum Gasteiger partial charge on any atom is 0.364 e. The van der Waals surface area contributed by atoms with Crippen LogP contribution in [-0.4, -0.2) is 24.1 Å². The summed E-state index contributed by atoms with van der Waals surface area (Å²) >= 11 is 5.89. The van der Waals surface area contributed by atoms with Crippen molar-refractivity contribution in [2.75, 3.05) is 7.11 Å². The molecule has 4 N–H and O–H groups in total. The van der Waals surface area contributed by atoms with Crippen LogP contribution in [0.15, 0.2) is 41.3 Å². The molecule has 0 fully saturated rings. The number of benzene rings is 1. The zero-order valence-corrected chi connectivity index (χ0v) is 12.3. The van der Waals surface area contributed by atoms with Gasteiger partial charge in [0.1, 0.15) is 0 Å². The quantitative estimate of drug-likeness (QED) is 0.827.